The fourth-order valence-corrected chi connectivity index (χ4v) is 4.20. The van der Waals surface area contributed by atoms with Crippen molar-refractivity contribution in [3.05, 3.63) is 42.0 Å². The third-order valence-electron chi connectivity index (χ3n) is 4.28. The Labute approximate surface area is 137 Å². The highest BCUT2D eigenvalue weighted by atomic mass is 32.2. The number of aliphatic imine (C=N–C) groups is 1. The Morgan fingerprint density at radius 3 is 2.83 bits per heavy atom. The van der Waals surface area contributed by atoms with E-state index in [9.17, 15) is 15.2 Å². The molecule has 2 heterocycles. The van der Waals surface area contributed by atoms with Crippen LogP contribution < -0.4 is 0 Å². The molecule has 2 aromatic carbocycles. The number of benzene rings is 2. The number of nitrogens with zero attached hydrogens (tertiary/aromatic N) is 3. The molecule has 6 heteroatoms. The van der Waals surface area contributed by atoms with Crippen molar-refractivity contribution < 1.29 is 9.90 Å². The van der Waals surface area contributed by atoms with Gasteiger partial charge in [-0.05, 0) is 30.3 Å². The molecule has 2 saturated heterocycles. The number of carbonyl (C=O) groups excluding carboxylic acids is 1. The van der Waals surface area contributed by atoms with Gasteiger partial charge in [0.25, 0.3) is 0 Å². The zero-order valence-electron chi connectivity index (χ0n) is 12.1. The van der Waals surface area contributed by atoms with E-state index in [-0.39, 0.29) is 5.12 Å². The summed E-state index contributed by atoms with van der Waals surface area (Å²) in [5.41, 5.74) is 1.34. The zero-order valence-corrected chi connectivity index (χ0v) is 13.0. The first-order valence-corrected chi connectivity index (χ1v) is 8.17. The molecule has 0 spiro atoms. The summed E-state index contributed by atoms with van der Waals surface area (Å²) in [5, 5.41) is 21.5. The molecule has 0 radical (unpaired) electrons. The lowest BCUT2D eigenvalue weighted by molar-refractivity contribution is -0.115. The summed E-state index contributed by atoms with van der Waals surface area (Å²) in [7, 11) is 0. The van der Waals surface area contributed by atoms with Crippen molar-refractivity contribution in [1.82, 2.24) is 4.90 Å². The number of hydrogen-bond donors (Lipinski definition) is 1. The first kappa shape index (κ1) is 14.2. The number of aliphatic hydroxyl groups excluding tert-OH is 1. The standard InChI is InChI=1S/C17H13N3O2S/c18-9-10-5-6-13(12-4-2-1-3-11(10)12)19-17-20-8-7-14(21)15(20)16(22)23-17/h1-6,14-15,21H,7-8H2. The monoisotopic (exact) mass is 323 g/mol. The van der Waals surface area contributed by atoms with E-state index in [2.05, 4.69) is 11.1 Å². The molecule has 23 heavy (non-hydrogen) atoms. The van der Waals surface area contributed by atoms with Crippen molar-refractivity contribution in [2.24, 2.45) is 4.99 Å². The van der Waals surface area contributed by atoms with Gasteiger partial charge in [0.05, 0.1) is 23.4 Å². The van der Waals surface area contributed by atoms with Crippen molar-refractivity contribution in [2.45, 2.75) is 18.6 Å². The molecular formula is C17H13N3O2S. The van der Waals surface area contributed by atoms with Crippen LogP contribution in [0.25, 0.3) is 10.8 Å². The number of hydrogen-bond acceptors (Lipinski definition) is 5. The van der Waals surface area contributed by atoms with E-state index >= 15 is 0 Å². The molecule has 1 N–H and O–H groups in total. The van der Waals surface area contributed by atoms with Crippen molar-refractivity contribution in [3.63, 3.8) is 0 Å². The van der Waals surface area contributed by atoms with Crippen LogP contribution in [0.3, 0.4) is 0 Å². The summed E-state index contributed by atoms with van der Waals surface area (Å²) < 4.78 is 0. The fraction of sp³-hybridized carbons (Fsp3) is 0.235. The average molecular weight is 323 g/mol. The second kappa shape index (κ2) is 5.37. The normalized spacial score (nSPS) is 25.1. The molecule has 5 nitrogen and oxygen atoms in total. The predicted molar refractivity (Wildman–Crippen MR) is 89.5 cm³/mol. The first-order valence-electron chi connectivity index (χ1n) is 7.36. The van der Waals surface area contributed by atoms with Crippen LogP contribution in [-0.4, -0.2) is 39.0 Å². The molecule has 2 unspecified atom stereocenters. The third kappa shape index (κ3) is 2.21. The number of fused-ring (bicyclic) bond motifs is 2. The van der Waals surface area contributed by atoms with Gasteiger partial charge in [0.2, 0.25) is 5.12 Å². The highest BCUT2D eigenvalue weighted by Crippen LogP contribution is 2.36. The molecule has 2 aliphatic heterocycles. The van der Waals surface area contributed by atoms with Gasteiger partial charge in [-0.15, -0.1) is 0 Å². The van der Waals surface area contributed by atoms with Crippen molar-refractivity contribution in [3.8, 4) is 6.07 Å². The molecule has 0 bridgehead atoms. The topological polar surface area (TPSA) is 76.7 Å². The number of nitriles is 1. The van der Waals surface area contributed by atoms with E-state index in [1.165, 1.54) is 0 Å². The molecule has 4 rings (SSSR count). The van der Waals surface area contributed by atoms with Gasteiger partial charge in [-0.3, -0.25) is 4.79 Å². The van der Waals surface area contributed by atoms with Gasteiger partial charge in [0.1, 0.15) is 6.04 Å². The number of rotatable bonds is 1. The van der Waals surface area contributed by atoms with Crippen molar-refractivity contribution in [1.29, 1.82) is 5.26 Å². The molecule has 2 aromatic rings. The Morgan fingerprint density at radius 1 is 1.26 bits per heavy atom. The lowest BCUT2D eigenvalue weighted by Gasteiger charge is -2.16. The number of carbonyl (C=O) groups is 1. The van der Waals surface area contributed by atoms with Gasteiger partial charge in [0, 0.05) is 17.3 Å². The van der Waals surface area contributed by atoms with E-state index < -0.39 is 12.1 Å². The maximum atomic E-state index is 12.1. The molecule has 0 aliphatic carbocycles. The molecule has 0 amide bonds. The summed E-state index contributed by atoms with van der Waals surface area (Å²) in [4.78, 5) is 18.6. The molecular weight excluding hydrogens is 310 g/mol. The Morgan fingerprint density at radius 2 is 2.04 bits per heavy atom. The minimum absolute atomic E-state index is 0.0494. The van der Waals surface area contributed by atoms with Gasteiger partial charge < -0.3 is 10.0 Å². The van der Waals surface area contributed by atoms with Crippen molar-refractivity contribution in [2.75, 3.05) is 6.54 Å². The van der Waals surface area contributed by atoms with Crippen LogP contribution in [0.4, 0.5) is 5.69 Å². The Bertz CT molecular complexity index is 887. The van der Waals surface area contributed by atoms with Gasteiger partial charge in [-0.25, -0.2) is 4.99 Å². The lowest BCUT2D eigenvalue weighted by atomic mass is 10.0. The van der Waals surface area contributed by atoms with E-state index in [1.807, 2.05) is 29.2 Å². The van der Waals surface area contributed by atoms with Crippen LogP contribution >= 0.6 is 11.8 Å². The van der Waals surface area contributed by atoms with E-state index in [0.717, 1.165) is 28.2 Å². The van der Waals surface area contributed by atoms with E-state index in [4.69, 9.17) is 0 Å². The second-order valence-corrected chi connectivity index (χ2v) is 6.57. The summed E-state index contributed by atoms with van der Waals surface area (Å²) in [6.45, 7) is 0.637. The summed E-state index contributed by atoms with van der Waals surface area (Å²) >= 11 is 1.09. The van der Waals surface area contributed by atoms with Crippen LogP contribution in [0.1, 0.15) is 12.0 Å². The Balaban J connectivity index is 1.82. The zero-order chi connectivity index (χ0) is 16.0. The average Bonchev–Trinajstić information content (AvgIpc) is 3.10. The maximum absolute atomic E-state index is 12.1. The number of thioether (sulfide) groups is 1. The quantitative estimate of drug-likeness (QED) is 0.872. The molecule has 2 fully saturated rings. The molecule has 0 aromatic heterocycles. The molecule has 114 valence electrons. The third-order valence-corrected chi connectivity index (χ3v) is 5.23. The first-order chi connectivity index (χ1) is 11.2. The molecule has 2 aliphatic rings. The second-order valence-electron chi connectivity index (χ2n) is 5.60. The number of aliphatic hydroxyl groups is 1. The van der Waals surface area contributed by atoms with Crippen LogP contribution in [0.15, 0.2) is 41.4 Å². The minimum atomic E-state index is -0.611. The fourth-order valence-electron chi connectivity index (χ4n) is 3.15. The number of amidine groups is 1. The lowest BCUT2D eigenvalue weighted by Crippen LogP contribution is -2.35. The smallest absolute Gasteiger partial charge is 0.221 e. The summed E-state index contributed by atoms with van der Waals surface area (Å²) in [6.07, 6.45) is -0.0233. The van der Waals surface area contributed by atoms with E-state index in [1.54, 1.807) is 12.1 Å². The highest BCUT2D eigenvalue weighted by Gasteiger charge is 2.46. The summed E-state index contributed by atoms with van der Waals surface area (Å²) in [6, 6.07) is 12.9. The van der Waals surface area contributed by atoms with Gasteiger partial charge >= 0.3 is 0 Å². The van der Waals surface area contributed by atoms with Gasteiger partial charge in [-0.2, -0.15) is 5.26 Å². The molecule has 0 saturated carbocycles. The van der Waals surface area contributed by atoms with Gasteiger partial charge in [0.15, 0.2) is 5.17 Å². The minimum Gasteiger partial charge on any atom is -0.390 e. The van der Waals surface area contributed by atoms with Gasteiger partial charge in [-0.1, -0.05) is 24.3 Å². The maximum Gasteiger partial charge on any atom is 0.221 e. The van der Waals surface area contributed by atoms with Crippen LogP contribution in [0.2, 0.25) is 0 Å². The largest absolute Gasteiger partial charge is 0.390 e. The van der Waals surface area contributed by atoms with E-state index in [0.29, 0.717) is 23.7 Å². The molecule has 2 atom stereocenters. The Kier molecular flexibility index (Phi) is 3.33. The predicted octanol–water partition coefficient (Wildman–Crippen LogP) is 2.41. The SMILES string of the molecule is N#Cc1ccc(N=C2SC(=O)C3C(O)CCN23)c2ccccc12. The van der Waals surface area contributed by atoms with Crippen LogP contribution in [-0.2, 0) is 4.79 Å². The van der Waals surface area contributed by atoms with Crippen LogP contribution in [0, 0.1) is 11.3 Å². The highest BCUT2D eigenvalue weighted by molar-refractivity contribution is 8.26. The Hall–Kier alpha value is -2.36. The van der Waals surface area contributed by atoms with Crippen molar-refractivity contribution >= 4 is 38.5 Å². The summed E-state index contributed by atoms with van der Waals surface area (Å²) in [5.74, 6) is 0. The van der Waals surface area contributed by atoms with Crippen LogP contribution in [0.5, 0.6) is 0 Å².